The lowest BCUT2D eigenvalue weighted by molar-refractivity contribution is -0.128. The first-order valence-corrected chi connectivity index (χ1v) is 9.99. The van der Waals surface area contributed by atoms with Crippen molar-refractivity contribution in [2.45, 2.75) is 70.4 Å². The maximum atomic E-state index is 12.2. The van der Waals surface area contributed by atoms with Crippen LogP contribution in [0.5, 0.6) is 0 Å². The number of amides is 1. The second kappa shape index (κ2) is 10.9. The molecule has 1 fully saturated rings. The molecule has 1 saturated heterocycles. The molecule has 1 aliphatic rings. The Morgan fingerprint density at radius 2 is 2.15 bits per heavy atom. The third-order valence-electron chi connectivity index (χ3n) is 5.07. The number of aryl methyl sites for hydroxylation is 1. The van der Waals surface area contributed by atoms with Crippen LogP contribution in [0.15, 0.2) is 36.4 Å². The van der Waals surface area contributed by atoms with Crippen LogP contribution in [0, 0.1) is 0 Å². The van der Waals surface area contributed by atoms with Crippen molar-refractivity contribution in [1.29, 1.82) is 0 Å². The molecule has 2 atom stereocenters. The minimum Gasteiger partial charge on any atom is -0.478 e. The number of aliphatic hydroxyl groups excluding tert-OH is 1. The molecule has 0 aromatic heterocycles. The maximum absolute atomic E-state index is 12.2. The first-order valence-electron chi connectivity index (χ1n) is 9.99. The number of aromatic carboxylic acids is 1. The Labute approximate surface area is 161 Å². The van der Waals surface area contributed by atoms with Crippen molar-refractivity contribution in [3.63, 3.8) is 0 Å². The van der Waals surface area contributed by atoms with Crippen molar-refractivity contribution in [3.05, 3.63) is 47.5 Å². The van der Waals surface area contributed by atoms with Gasteiger partial charge in [-0.15, -0.1) is 0 Å². The average molecular weight is 373 g/mol. The minimum atomic E-state index is -0.922. The fourth-order valence-corrected chi connectivity index (χ4v) is 3.52. The van der Waals surface area contributed by atoms with Gasteiger partial charge in [0.2, 0.25) is 5.91 Å². The summed E-state index contributed by atoms with van der Waals surface area (Å²) in [7, 11) is 0. The standard InChI is InChI=1S/C22H31NO4/c1-2-3-4-10-20(24)13-11-19-12-14-21(25)23(19)15-6-8-17-7-5-9-18(16-17)22(26)27/h5,7,9,11,13,16,19-20,24H,2-4,6,8,10,12,14-15H2,1H3,(H,26,27)/t19?,20-/m1/s1. The van der Waals surface area contributed by atoms with Crippen molar-refractivity contribution in [1.82, 2.24) is 4.90 Å². The average Bonchev–Trinajstić information content (AvgIpc) is 3.00. The summed E-state index contributed by atoms with van der Waals surface area (Å²) in [5, 5.41) is 19.1. The number of carbonyl (C=O) groups excluding carboxylic acids is 1. The molecule has 1 aromatic carbocycles. The fraction of sp³-hybridized carbons (Fsp3) is 0.545. The van der Waals surface area contributed by atoms with Gasteiger partial charge in [0.05, 0.1) is 17.7 Å². The molecule has 1 unspecified atom stereocenters. The Kier molecular flexibility index (Phi) is 8.52. The van der Waals surface area contributed by atoms with E-state index in [9.17, 15) is 14.7 Å². The Morgan fingerprint density at radius 3 is 2.89 bits per heavy atom. The van der Waals surface area contributed by atoms with Crippen molar-refractivity contribution in [3.8, 4) is 0 Å². The van der Waals surface area contributed by atoms with Crippen molar-refractivity contribution in [2.75, 3.05) is 6.54 Å². The molecule has 1 heterocycles. The summed E-state index contributed by atoms with van der Waals surface area (Å²) in [6.45, 7) is 2.79. The van der Waals surface area contributed by atoms with Crippen LogP contribution in [0.1, 0.15) is 67.8 Å². The molecule has 1 amide bonds. The highest BCUT2D eigenvalue weighted by molar-refractivity contribution is 5.87. The smallest absolute Gasteiger partial charge is 0.335 e. The van der Waals surface area contributed by atoms with E-state index in [2.05, 4.69) is 6.92 Å². The first kappa shape index (κ1) is 21.2. The van der Waals surface area contributed by atoms with Gasteiger partial charge in [-0.25, -0.2) is 4.79 Å². The second-order valence-electron chi connectivity index (χ2n) is 7.25. The van der Waals surface area contributed by atoms with Crippen LogP contribution in [0.3, 0.4) is 0 Å². The number of carboxylic acid groups (broad SMARTS) is 1. The number of hydrogen-bond acceptors (Lipinski definition) is 3. The summed E-state index contributed by atoms with van der Waals surface area (Å²) in [6, 6.07) is 7.01. The molecule has 1 aromatic rings. The zero-order valence-corrected chi connectivity index (χ0v) is 16.1. The summed E-state index contributed by atoms with van der Waals surface area (Å²) in [4.78, 5) is 25.1. The van der Waals surface area contributed by atoms with Crippen LogP contribution in [-0.2, 0) is 11.2 Å². The molecular weight excluding hydrogens is 342 g/mol. The number of likely N-dealkylation sites (tertiary alicyclic amines) is 1. The van der Waals surface area contributed by atoms with Crippen LogP contribution < -0.4 is 0 Å². The van der Waals surface area contributed by atoms with Gasteiger partial charge < -0.3 is 15.1 Å². The largest absolute Gasteiger partial charge is 0.478 e. The van der Waals surface area contributed by atoms with E-state index in [1.807, 2.05) is 23.1 Å². The Bertz CT molecular complexity index is 655. The predicted molar refractivity (Wildman–Crippen MR) is 106 cm³/mol. The van der Waals surface area contributed by atoms with Gasteiger partial charge in [-0.1, -0.05) is 50.5 Å². The van der Waals surface area contributed by atoms with E-state index in [4.69, 9.17) is 5.11 Å². The normalized spacial score (nSPS) is 18.4. The molecule has 1 aliphatic heterocycles. The lowest BCUT2D eigenvalue weighted by atomic mass is 10.1. The van der Waals surface area contributed by atoms with Crippen LogP contribution >= 0.6 is 0 Å². The van der Waals surface area contributed by atoms with Crippen LogP contribution in [0.2, 0.25) is 0 Å². The van der Waals surface area contributed by atoms with Crippen molar-refractivity contribution in [2.24, 2.45) is 0 Å². The lowest BCUT2D eigenvalue weighted by Gasteiger charge is -2.22. The lowest BCUT2D eigenvalue weighted by Crippen LogP contribution is -2.33. The summed E-state index contributed by atoms with van der Waals surface area (Å²) in [5.74, 6) is -0.765. The number of hydrogen-bond donors (Lipinski definition) is 2. The fourth-order valence-electron chi connectivity index (χ4n) is 3.52. The van der Waals surface area contributed by atoms with Gasteiger partial charge in [0, 0.05) is 13.0 Å². The summed E-state index contributed by atoms with van der Waals surface area (Å²) in [5.41, 5.74) is 1.27. The van der Waals surface area contributed by atoms with E-state index in [0.29, 0.717) is 18.5 Å². The number of carboxylic acids is 1. The topological polar surface area (TPSA) is 77.8 Å². The van der Waals surface area contributed by atoms with E-state index < -0.39 is 12.1 Å². The zero-order chi connectivity index (χ0) is 19.6. The highest BCUT2D eigenvalue weighted by Gasteiger charge is 2.28. The molecule has 0 aliphatic carbocycles. The number of nitrogens with zero attached hydrogens (tertiary/aromatic N) is 1. The predicted octanol–water partition coefficient (Wildman–Crippen LogP) is 3.81. The van der Waals surface area contributed by atoms with E-state index in [0.717, 1.165) is 50.5 Å². The Hall–Kier alpha value is -2.14. The van der Waals surface area contributed by atoms with Crippen LogP contribution in [0.25, 0.3) is 0 Å². The number of benzene rings is 1. The third-order valence-corrected chi connectivity index (χ3v) is 5.07. The number of carbonyl (C=O) groups is 2. The van der Waals surface area contributed by atoms with Gasteiger partial charge in [0.25, 0.3) is 0 Å². The molecule has 2 N–H and O–H groups in total. The number of rotatable bonds is 11. The molecular formula is C22H31NO4. The van der Waals surface area contributed by atoms with Gasteiger partial charge >= 0.3 is 5.97 Å². The van der Waals surface area contributed by atoms with E-state index in [1.54, 1.807) is 18.2 Å². The Morgan fingerprint density at radius 1 is 1.33 bits per heavy atom. The molecule has 148 valence electrons. The van der Waals surface area contributed by atoms with Gasteiger partial charge in [-0.3, -0.25) is 4.79 Å². The summed E-state index contributed by atoms with van der Waals surface area (Å²) >= 11 is 0. The first-order chi connectivity index (χ1) is 13.0. The minimum absolute atomic E-state index is 0.0590. The molecule has 27 heavy (non-hydrogen) atoms. The van der Waals surface area contributed by atoms with E-state index >= 15 is 0 Å². The molecule has 0 bridgehead atoms. The third kappa shape index (κ3) is 6.83. The van der Waals surface area contributed by atoms with Crippen molar-refractivity contribution >= 4 is 11.9 Å². The van der Waals surface area contributed by atoms with Crippen LogP contribution in [-0.4, -0.2) is 45.7 Å². The molecule has 5 nitrogen and oxygen atoms in total. The van der Waals surface area contributed by atoms with Gasteiger partial charge in [-0.05, 0) is 43.4 Å². The Balaban J connectivity index is 1.83. The number of aliphatic hydroxyl groups is 1. The quantitative estimate of drug-likeness (QED) is 0.457. The van der Waals surface area contributed by atoms with Gasteiger partial charge in [0.1, 0.15) is 0 Å². The summed E-state index contributed by atoms with van der Waals surface area (Å²) < 4.78 is 0. The van der Waals surface area contributed by atoms with E-state index in [-0.39, 0.29) is 11.9 Å². The van der Waals surface area contributed by atoms with Gasteiger partial charge in [0.15, 0.2) is 0 Å². The highest BCUT2D eigenvalue weighted by atomic mass is 16.4. The summed E-state index contributed by atoms with van der Waals surface area (Å²) in [6.07, 6.45) is 10.3. The SMILES string of the molecule is CCCCC[C@@H](O)C=CC1CCC(=O)N1CCCc1cccc(C(=O)O)c1. The van der Waals surface area contributed by atoms with Crippen LogP contribution in [0.4, 0.5) is 0 Å². The monoisotopic (exact) mass is 373 g/mol. The van der Waals surface area contributed by atoms with Crippen molar-refractivity contribution < 1.29 is 19.8 Å². The van der Waals surface area contributed by atoms with Gasteiger partial charge in [-0.2, -0.15) is 0 Å². The molecule has 0 saturated carbocycles. The number of unbranched alkanes of at least 4 members (excludes halogenated alkanes) is 2. The highest BCUT2D eigenvalue weighted by Crippen LogP contribution is 2.21. The molecule has 2 rings (SSSR count). The molecule has 5 heteroatoms. The van der Waals surface area contributed by atoms with E-state index in [1.165, 1.54) is 0 Å². The molecule has 0 spiro atoms. The maximum Gasteiger partial charge on any atom is 0.335 e. The zero-order valence-electron chi connectivity index (χ0n) is 16.1. The second-order valence-corrected chi connectivity index (χ2v) is 7.25. The molecule has 0 radical (unpaired) electrons.